The first kappa shape index (κ1) is 29.9. The SMILES string of the molecule is Cc1ncc(-c2ccc(NCC(C)C)nc2)c(N2CCC(C)(C)CC2)c1[C@H](OC(C)(C)C)C(=O)OC(C)C. The minimum Gasteiger partial charge on any atom is -0.461 e. The molecule has 0 bridgehead atoms. The van der Waals surface area contributed by atoms with Gasteiger partial charge in [-0.05, 0) is 77.8 Å². The Kier molecular flexibility index (Phi) is 9.45. The average molecular weight is 525 g/mol. The summed E-state index contributed by atoms with van der Waals surface area (Å²) in [7, 11) is 0. The van der Waals surface area contributed by atoms with Crippen LogP contribution in [0.2, 0.25) is 0 Å². The van der Waals surface area contributed by atoms with E-state index in [-0.39, 0.29) is 17.5 Å². The summed E-state index contributed by atoms with van der Waals surface area (Å²) in [5, 5.41) is 3.39. The van der Waals surface area contributed by atoms with Gasteiger partial charge in [0.25, 0.3) is 0 Å². The minimum absolute atomic E-state index is 0.251. The van der Waals surface area contributed by atoms with Crippen LogP contribution in [-0.2, 0) is 14.3 Å². The molecule has 1 saturated heterocycles. The topological polar surface area (TPSA) is 76.6 Å². The molecule has 1 aliphatic rings. The normalized spacial score (nSPS) is 16.6. The van der Waals surface area contributed by atoms with Crippen molar-refractivity contribution in [3.63, 3.8) is 0 Å². The molecule has 1 aliphatic heterocycles. The molecule has 1 atom stereocenters. The molecule has 3 heterocycles. The predicted molar refractivity (Wildman–Crippen MR) is 156 cm³/mol. The molecule has 0 amide bonds. The monoisotopic (exact) mass is 524 g/mol. The number of ether oxygens (including phenoxy) is 2. The zero-order chi connectivity index (χ0) is 28.3. The molecule has 0 aromatic carbocycles. The third-order valence-electron chi connectivity index (χ3n) is 6.79. The summed E-state index contributed by atoms with van der Waals surface area (Å²) < 4.78 is 12.2. The molecule has 0 saturated carbocycles. The van der Waals surface area contributed by atoms with Crippen molar-refractivity contribution in [3.05, 3.63) is 35.8 Å². The number of carbonyl (C=O) groups excluding carboxylic acids is 1. The number of nitrogens with zero attached hydrogens (tertiary/aromatic N) is 3. The second kappa shape index (κ2) is 12.0. The summed E-state index contributed by atoms with van der Waals surface area (Å²) >= 11 is 0. The Labute approximate surface area is 229 Å². The quantitative estimate of drug-likeness (QED) is 0.356. The first-order valence-corrected chi connectivity index (χ1v) is 14.0. The van der Waals surface area contributed by atoms with E-state index in [0.29, 0.717) is 5.92 Å². The van der Waals surface area contributed by atoms with Crippen molar-refractivity contribution in [2.45, 2.75) is 99.9 Å². The molecular weight excluding hydrogens is 476 g/mol. The number of nitrogens with one attached hydrogen (secondary N) is 1. The molecule has 7 heteroatoms. The fourth-order valence-electron chi connectivity index (χ4n) is 4.65. The van der Waals surface area contributed by atoms with E-state index in [1.165, 1.54) is 0 Å². The Bertz CT molecular complexity index is 1080. The van der Waals surface area contributed by atoms with Gasteiger partial charge in [-0.2, -0.15) is 0 Å². The Morgan fingerprint density at radius 2 is 1.74 bits per heavy atom. The number of anilines is 2. The molecule has 2 aromatic heterocycles. The van der Waals surface area contributed by atoms with Gasteiger partial charge < -0.3 is 19.7 Å². The number of carbonyl (C=O) groups is 1. The van der Waals surface area contributed by atoms with Crippen LogP contribution in [0.4, 0.5) is 11.5 Å². The van der Waals surface area contributed by atoms with Crippen molar-refractivity contribution in [3.8, 4) is 11.1 Å². The lowest BCUT2D eigenvalue weighted by molar-refractivity contribution is -0.171. The van der Waals surface area contributed by atoms with Crippen molar-refractivity contribution in [2.75, 3.05) is 29.9 Å². The van der Waals surface area contributed by atoms with Crippen LogP contribution in [-0.4, -0.2) is 47.3 Å². The number of hydrogen-bond acceptors (Lipinski definition) is 7. The largest absolute Gasteiger partial charge is 0.461 e. The van der Waals surface area contributed by atoms with Gasteiger partial charge in [-0.3, -0.25) is 4.98 Å². The maximum atomic E-state index is 13.5. The van der Waals surface area contributed by atoms with Gasteiger partial charge in [-0.15, -0.1) is 0 Å². The summed E-state index contributed by atoms with van der Waals surface area (Å²) in [4.78, 5) is 25.4. The molecule has 3 rings (SSSR count). The third-order valence-corrected chi connectivity index (χ3v) is 6.79. The van der Waals surface area contributed by atoms with Crippen molar-refractivity contribution in [2.24, 2.45) is 11.3 Å². The van der Waals surface area contributed by atoms with Crippen LogP contribution in [0.5, 0.6) is 0 Å². The van der Waals surface area contributed by atoms with Gasteiger partial charge in [0.05, 0.1) is 17.4 Å². The highest BCUT2D eigenvalue weighted by Gasteiger charge is 2.37. The van der Waals surface area contributed by atoms with E-state index < -0.39 is 11.7 Å². The molecule has 210 valence electrons. The van der Waals surface area contributed by atoms with Gasteiger partial charge in [0.2, 0.25) is 0 Å². The summed E-state index contributed by atoms with van der Waals surface area (Å²) in [6.07, 6.45) is 4.78. The van der Waals surface area contributed by atoms with Crippen molar-refractivity contribution in [1.29, 1.82) is 0 Å². The zero-order valence-corrected chi connectivity index (χ0v) is 25.1. The number of aromatic nitrogens is 2. The fraction of sp³-hybridized carbons (Fsp3) is 0.645. The summed E-state index contributed by atoms with van der Waals surface area (Å²) in [5.41, 5.74) is 4.18. The van der Waals surface area contributed by atoms with E-state index in [2.05, 4.69) is 49.0 Å². The number of esters is 1. The first-order chi connectivity index (χ1) is 17.7. The highest BCUT2D eigenvalue weighted by atomic mass is 16.6. The van der Waals surface area contributed by atoms with Crippen LogP contribution in [0, 0.1) is 18.3 Å². The van der Waals surface area contributed by atoms with Gasteiger partial charge in [-0.25, -0.2) is 9.78 Å². The van der Waals surface area contributed by atoms with Crippen LogP contribution in [0.1, 0.15) is 92.5 Å². The van der Waals surface area contributed by atoms with Crippen molar-refractivity contribution in [1.82, 2.24) is 9.97 Å². The van der Waals surface area contributed by atoms with E-state index in [1.807, 2.05) is 60.0 Å². The lowest BCUT2D eigenvalue weighted by Gasteiger charge is -2.41. The van der Waals surface area contributed by atoms with E-state index >= 15 is 0 Å². The standard InChI is InChI=1S/C31H48N4O3/c1-20(2)17-33-25-12-11-23(18-34-25)24-19-32-22(5)26(27(24)35-15-13-31(9,10)14-16-35)28(38-30(6,7)8)29(36)37-21(3)4/h11-12,18-21,28H,13-17H2,1-10H3,(H,33,34)/t28-/m0/s1. The second-order valence-electron chi connectivity index (χ2n) is 13.0. The average Bonchev–Trinajstić information content (AvgIpc) is 2.81. The Hall–Kier alpha value is -2.67. The van der Waals surface area contributed by atoms with E-state index in [0.717, 1.165) is 66.4 Å². The highest BCUT2D eigenvalue weighted by Crippen LogP contribution is 2.43. The maximum absolute atomic E-state index is 13.5. The van der Waals surface area contributed by atoms with E-state index in [9.17, 15) is 4.79 Å². The molecule has 0 radical (unpaired) electrons. The van der Waals surface area contributed by atoms with Crippen molar-refractivity contribution < 1.29 is 14.3 Å². The number of rotatable bonds is 9. The summed E-state index contributed by atoms with van der Waals surface area (Å²) in [6, 6.07) is 4.09. The van der Waals surface area contributed by atoms with Crippen molar-refractivity contribution >= 4 is 17.5 Å². The highest BCUT2D eigenvalue weighted by molar-refractivity contribution is 5.87. The number of hydrogen-bond donors (Lipinski definition) is 1. The fourth-order valence-corrected chi connectivity index (χ4v) is 4.65. The molecule has 7 nitrogen and oxygen atoms in total. The number of piperidine rings is 1. The van der Waals surface area contributed by atoms with Crippen LogP contribution in [0.25, 0.3) is 11.1 Å². The van der Waals surface area contributed by atoms with Gasteiger partial charge in [0.15, 0.2) is 6.10 Å². The van der Waals surface area contributed by atoms with Crippen LogP contribution in [0.15, 0.2) is 24.5 Å². The third kappa shape index (κ3) is 7.92. The van der Waals surface area contributed by atoms with Gasteiger partial charge in [0.1, 0.15) is 5.82 Å². The summed E-state index contributed by atoms with van der Waals surface area (Å²) in [5.74, 6) is 0.987. The molecule has 2 aromatic rings. The number of aryl methyl sites for hydroxylation is 1. The Balaban J connectivity index is 2.17. The summed E-state index contributed by atoms with van der Waals surface area (Å²) in [6.45, 7) is 23.2. The molecule has 0 unspecified atom stereocenters. The van der Waals surface area contributed by atoms with Gasteiger partial charge >= 0.3 is 5.97 Å². The van der Waals surface area contributed by atoms with Crippen LogP contribution < -0.4 is 10.2 Å². The van der Waals surface area contributed by atoms with Crippen LogP contribution in [0.3, 0.4) is 0 Å². The minimum atomic E-state index is -0.894. The lowest BCUT2D eigenvalue weighted by atomic mass is 9.82. The molecular formula is C31H48N4O3. The second-order valence-corrected chi connectivity index (χ2v) is 13.0. The number of pyridine rings is 2. The molecule has 1 fully saturated rings. The Morgan fingerprint density at radius 1 is 1.08 bits per heavy atom. The Morgan fingerprint density at radius 3 is 2.26 bits per heavy atom. The smallest absolute Gasteiger partial charge is 0.340 e. The van der Waals surface area contributed by atoms with E-state index in [4.69, 9.17) is 14.5 Å². The molecule has 1 N–H and O–H groups in total. The van der Waals surface area contributed by atoms with Gasteiger partial charge in [-0.1, -0.05) is 27.7 Å². The molecule has 0 spiro atoms. The predicted octanol–water partition coefficient (Wildman–Crippen LogP) is 6.95. The van der Waals surface area contributed by atoms with Gasteiger partial charge in [0, 0.05) is 54.4 Å². The maximum Gasteiger partial charge on any atom is 0.340 e. The molecule has 0 aliphatic carbocycles. The molecule has 38 heavy (non-hydrogen) atoms. The van der Waals surface area contributed by atoms with Crippen LogP contribution >= 0.6 is 0 Å². The van der Waals surface area contributed by atoms with E-state index in [1.54, 1.807) is 0 Å². The lowest BCUT2D eigenvalue weighted by Crippen LogP contribution is -2.39. The first-order valence-electron chi connectivity index (χ1n) is 14.0. The zero-order valence-electron chi connectivity index (χ0n) is 25.1.